The number of rotatable bonds is 2. The Morgan fingerprint density at radius 1 is 1.27 bits per heavy atom. The van der Waals surface area contributed by atoms with Crippen LogP contribution in [0.4, 0.5) is 0 Å². The summed E-state index contributed by atoms with van der Waals surface area (Å²) in [6.07, 6.45) is 5.20. The zero-order valence-electron chi connectivity index (χ0n) is 7.71. The highest BCUT2D eigenvalue weighted by Gasteiger charge is 2.27. The molecule has 0 aliphatic heterocycles. The van der Waals surface area contributed by atoms with Gasteiger partial charge in [-0.2, -0.15) is 19.7 Å². The highest BCUT2D eigenvalue weighted by atomic mass is 35.5. The highest BCUT2D eigenvalue weighted by Crippen LogP contribution is 2.38. The maximum absolute atomic E-state index is 5.82. The molecule has 0 spiro atoms. The fourth-order valence-electron chi connectivity index (χ4n) is 1.29. The SMILES string of the molecule is Clc1nc(C2CC2)nc(-n2cncn2)n1. The van der Waals surface area contributed by atoms with Gasteiger partial charge in [0.25, 0.3) is 5.95 Å². The van der Waals surface area contributed by atoms with Crippen molar-refractivity contribution in [2.75, 3.05) is 0 Å². The minimum atomic E-state index is 0.206. The van der Waals surface area contributed by atoms with E-state index in [2.05, 4.69) is 25.0 Å². The van der Waals surface area contributed by atoms with Crippen LogP contribution in [0.5, 0.6) is 0 Å². The maximum Gasteiger partial charge on any atom is 0.256 e. The molecule has 0 amide bonds. The molecule has 15 heavy (non-hydrogen) atoms. The van der Waals surface area contributed by atoms with E-state index in [1.54, 1.807) is 0 Å². The van der Waals surface area contributed by atoms with Crippen LogP contribution in [0.15, 0.2) is 12.7 Å². The van der Waals surface area contributed by atoms with Crippen LogP contribution >= 0.6 is 11.6 Å². The molecule has 0 N–H and O–H groups in total. The summed E-state index contributed by atoms with van der Waals surface area (Å²) >= 11 is 5.82. The molecule has 3 rings (SSSR count). The van der Waals surface area contributed by atoms with Gasteiger partial charge in [0.15, 0.2) is 0 Å². The lowest BCUT2D eigenvalue weighted by Crippen LogP contribution is -2.06. The normalized spacial score (nSPS) is 15.5. The van der Waals surface area contributed by atoms with Gasteiger partial charge < -0.3 is 0 Å². The average molecular weight is 223 g/mol. The monoisotopic (exact) mass is 222 g/mol. The van der Waals surface area contributed by atoms with Crippen molar-refractivity contribution in [2.24, 2.45) is 0 Å². The second-order valence-corrected chi connectivity index (χ2v) is 3.72. The topological polar surface area (TPSA) is 69.4 Å². The van der Waals surface area contributed by atoms with Gasteiger partial charge in [-0.25, -0.2) is 9.97 Å². The smallest absolute Gasteiger partial charge is 0.223 e. The Kier molecular flexibility index (Phi) is 1.88. The summed E-state index contributed by atoms with van der Waals surface area (Å²) in [6.45, 7) is 0. The Morgan fingerprint density at radius 3 is 2.80 bits per heavy atom. The predicted molar refractivity (Wildman–Crippen MR) is 51.7 cm³/mol. The van der Waals surface area contributed by atoms with E-state index in [1.165, 1.54) is 17.3 Å². The van der Waals surface area contributed by atoms with E-state index in [4.69, 9.17) is 11.6 Å². The van der Waals surface area contributed by atoms with E-state index in [1.807, 2.05) is 0 Å². The summed E-state index contributed by atoms with van der Waals surface area (Å²) < 4.78 is 1.47. The van der Waals surface area contributed by atoms with Crippen LogP contribution in [-0.2, 0) is 0 Å². The van der Waals surface area contributed by atoms with Crippen LogP contribution in [0.1, 0.15) is 24.6 Å². The third-order valence-corrected chi connectivity index (χ3v) is 2.35. The minimum absolute atomic E-state index is 0.206. The first-order valence-corrected chi connectivity index (χ1v) is 4.97. The van der Waals surface area contributed by atoms with Crippen molar-refractivity contribution >= 4 is 11.6 Å². The summed E-state index contributed by atoms with van der Waals surface area (Å²) in [5.74, 6) is 1.61. The molecule has 2 aromatic heterocycles. The fourth-order valence-corrected chi connectivity index (χ4v) is 1.45. The van der Waals surface area contributed by atoms with E-state index in [-0.39, 0.29) is 5.28 Å². The number of aromatic nitrogens is 6. The number of hydrogen-bond acceptors (Lipinski definition) is 5. The molecule has 0 radical (unpaired) electrons. The number of nitrogens with zero attached hydrogens (tertiary/aromatic N) is 6. The molecular formula is C8H7ClN6. The first-order chi connectivity index (χ1) is 7.33. The fraction of sp³-hybridized carbons (Fsp3) is 0.375. The first kappa shape index (κ1) is 8.72. The Morgan fingerprint density at radius 2 is 2.13 bits per heavy atom. The predicted octanol–water partition coefficient (Wildman–Crippen LogP) is 0.983. The molecule has 6 nitrogen and oxygen atoms in total. The lowest BCUT2D eigenvalue weighted by molar-refractivity contribution is 0.764. The largest absolute Gasteiger partial charge is 0.256 e. The summed E-state index contributed by atoms with van der Waals surface area (Å²) in [4.78, 5) is 16.2. The summed E-state index contributed by atoms with van der Waals surface area (Å²) in [6, 6.07) is 0. The van der Waals surface area contributed by atoms with Crippen molar-refractivity contribution in [3.8, 4) is 5.95 Å². The molecule has 1 fully saturated rings. The van der Waals surface area contributed by atoms with Gasteiger partial charge in [0.1, 0.15) is 18.5 Å². The van der Waals surface area contributed by atoms with Crippen molar-refractivity contribution < 1.29 is 0 Å². The van der Waals surface area contributed by atoms with Crippen LogP contribution < -0.4 is 0 Å². The summed E-state index contributed by atoms with van der Waals surface area (Å²) in [5.41, 5.74) is 0. The van der Waals surface area contributed by atoms with Crippen molar-refractivity contribution in [3.05, 3.63) is 23.8 Å². The van der Waals surface area contributed by atoms with Gasteiger partial charge >= 0.3 is 0 Å². The Balaban J connectivity index is 2.07. The second kappa shape index (κ2) is 3.23. The van der Waals surface area contributed by atoms with Crippen LogP contribution in [0.3, 0.4) is 0 Å². The third kappa shape index (κ3) is 1.68. The van der Waals surface area contributed by atoms with Crippen LogP contribution in [0, 0.1) is 0 Å². The van der Waals surface area contributed by atoms with E-state index < -0.39 is 0 Å². The molecule has 0 atom stereocenters. The van der Waals surface area contributed by atoms with E-state index >= 15 is 0 Å². The van der Waals surface area contributed by atoms with Gasteiger partial charge in [-0.1, -0.05) is 0 Å². The molecular weight excluding hydrogens is 216 g/mol. The summed E-state index contributed by atoms with van der Waals surface area (Å²) in [5, 5.41) is 4.15. The zero-order chi connectivity index (χ0) is 10.3. The lowest BCUT2D eigenvalue weighted by atomic mass is 10.4. The second-order valence-electron chi connectivity index (χ2n) is 3.38. The molecule has 1 aliphatic carbocycles. The minimum Gasteiger partial charge on any atom is -0.223 e. The van der Waals surface area contributed by atoms with Gasteiger partial charge in [0.05, 0.1) is 0 Å². The Bertz CT molecular complexity index is 478. The zero-order valence-corrected chi connectivity index (χ0v) is 8.46. The van der Waals surface area contributed by atoms with Gasteiger partial charge in [-0.05, 0) is 24.4 Å². The number of hydrogen-bond donors (Lipinski definition) is 0. The van der Waals surface area contributed by atoms with Crippen LogP contribution in [-0.4, -0.2) is 29.7 Å². The van der Waals surface area contributed by atoms with Crippen molar-refractivity contribution in [3.63, 3.8) is 0 Å². The van der Waals surface area contributed by atoms with Gasteiger partial charge in [-0.15, -0.1) is 0 Å². The quantitative estimate of drug-likeness (QED) is 0.758. The standard InChI is InChI=1S/C8H7ClN6/c9-7-12-6(5-1-2-5)13-8(14-7)15-4-10-3-11-15/h3-5H,1-2H2. The molecule has 1 saturated carbocycles. The van der Waals surface area contributed by atoms with Crippen molar-refractivity contribution in [1.82, 2.24) is 29.7 Å². The maximum atomic E-state index is 5.82. The number of halogens is 1. The molecule has 0 bridgehead atoms. The molecule has 2 aromatic rings. The van der Waals surface area contributed by atoms with E-state index in [9.17, 15) is 0 Å². The van der Waals surface area contributed by atoms with Gasteiger partial charge in [0, 0.05) is 5.92 Å². The molecule has 76 valence electrons. The van der Waals surface area contributed by atoms with Crippen LogP contribution in [0.2, 0.25) is 5.28 Å². The molecule has 1 aliphatic rings. The van der Waals surface area contributed by atoms with Crippen LogP contribution in [0.25, 0.3) is 5.95 Å². The third-order valence-electron chi connectivity index (χ3n) is 2.18. The first-order valence-electron chi connectivity index (χ1n) is 4.59. The molecule has 0 saturated heterocycles. The van der Waals surface area contributed by atoms with E-state index in [0.717, 1.165) is 18.7 Å². The lowest BCUT2D eigenvalue weighted by Gasteiger charge is -2.01. The van der Waals surface area contributed by atoms with Crippen molar-refractivity contribution in [1.29, 1.82) is 0 Å². The van der Waals surface area contributed by atoms with E-state index in [0.29, 0.717) is 11.9 Å². The Labute approximate surface area is 90.4 Å². The molecule has 0 unspecified atom stereocenters. The summed E-state index contributed by atoms with van der Waals surface area (Å²) in [7, 11) is 0. The van der Waals surface area contributed by atoms with Gasteiger partial charge in [-0.3, -0.25) is 0 Å². The Hall–Kier alpha value is -1.56. The highest BCUT2D eigenvalue weighted by molar-refractivity contribution is 6.28. The molecule has 7 heteroatoms. The van der Waals surface area contributed by atoms with Crippen molar-refractivity contribution in [2.45, 2.75) is 18.8 Å². The van der Waals surface area contributed by atoms with Gasteiger partial charge in [0.2, 0.25) is 5.28 Å². The average Bonchev–Trinajstić information content (AvgIpc) is 2.93. The molecule has 2 heterocycles. The molecule has 0 aromatic carbocycles.